The lowest BCUT2D eigenvalue weighted by Crippen LogP contribution is -2.22. The highest BCUT2D eigenvalue weighted by Gasteiger charge is 2.17. The number of rotatable bonds is 0. The van der Waals surface area contributed by atoms with Gasteiger partial charge >= 0.3 is 6.03 Å². The molecule has 2 aliphatic heterocycles. The van der Waals surface area contributed by atoms with Crippen molar-refractivity contribution in [1.82, 2.24) is 4.98 Å². The van der Waals surface area contributed by atoms with Crippen LogP contribution in [0, 0.1) is 0 Å². The summed E-state index contributed by atoms with van der Waals surface area (Å²) in [6.07, 6.45) is 1.53. The van der Waals surface area contributed by atoms with Gasteiger partial charge in [-0.2, -0.15) is 9.98 Å². The van der Waals surface area contributed by atoms with Crippen molar-refractivity contribution >= 4 is 45.5 Å². The summed E-state index contributed by atoms with van der Waals surface area (Å²) >= 11 is 0. The van der Waals surface area contributed by atoms with Gasteiger partial charge < -0.3 is 4.98 Å². The molecule has 0 bridgehead atoms. The van der Waals surface area contributed by atoms with E-state index < -0.39 is 6.03 Å². The quantitative estimate of drug-likeness (QED) is 0.519. The predicted molar refractivity (Wildman–Crippen MR) is 108 cm³/mol. The lowest BCUT2D eigenvalue weighted by atomic mass is 10.2. The van der Waals surface area contributed by atoms with Crippen LogP contribution in [0.2, 0.25) is 0 Å². The molecule has 27 heavy (non-hydrogen) atoms. The second-order valence-corrected chi connectivity index (χ2v) is 6.23. The third-order valence-corrected chi connectivity index (χ3v) is 4.58. The summed E-state index contributed by atoms with van der Waals surface area (Å²) in [5.41, 5.74) is 3.26. The van der Waals surface area contributed by atoms with Gasteiger partial charge in [0, 0.05) is 38.8 Å². The third-order valence-electron chi connectivity index (χ3n) is 4.58. The van der Waals surface area contributed by atoms with Crippen LogP contribution in [0.5, 0.6) is 0 Å². The van der Waals surface area contributed by atoms with Gasteiger partial charge in [-0.05, 0) is 18.2 Å². The van der Waals surface area contributed by atoms with Gasteiger partial charge in [0.1, 0.15) is 0 Å². The lowest BCUT2D eigenvalue weighted by molar-refractivity contribution is 0.257. The number of benzene rings is 3. The fourth-order valence-electron chi connectivity index (χ4n) is 3.34. The Labute approximate surface area is 154 Å². The third kappa shape index (κ3) is 2.66. The number of aromatic amines is 1. The van der Waals surface area contributed by atoms with Gasteiger partial charge in [-0.25, -0.2) is 9.79 Å². The van der Waals surface area contributed by atoms with Gasteiger partial charge in [0.05, 0.1) is 5.36 Å². The van der Waals surface area contributed by atoms with Crippen molar-refractivity contribution in [1.29, 1.82) is 0 Å². The Hall–Kier alpha value is -3.86. The van der Waals surface area contributed by atoms with Crippen LogP contribution >= 0.6 is 0 Å². The van der Waals surface area contributed by atoms with Crippen LogP contribution in [0.4, 0.5) is 4.79 Å². The number of hydrogen-bond donors (Lipinski definition) is 1. The topological polar surface area (TPSA) is 69.9 Å². The maximum atomic E-state index is 10.9. The van der Waals surface area contributed by atoms with E-state index in [4.69, 9.17) is 0 Å². The molecule has 0 unspecified atom stereocenters. The number of fused-ring (bicyclic) bond motifs is 5. The van der Waals surface area contributed by atoms with E-state index in [0.717, 1.165) is 16.1 Å². The fraction of sp³-hybridized carbons (Fsp3) is 0. The first-order valence-electron chi connectivity index (χ1n) is 8.60. The Morgan fingerprint density at radius 1 is 0.704 bits per heavy atom. The van der Waals surface area contributed by atoms with E-state index in [9.17, 15) is 4.79 Å². The highest BCUT2D eigenvalue weighted by atomic mass is 16.2. The van der Waals surface area contributed by atoms with Gasteiger partial charge in [0.2, 0.25) is 0 Å². The largest absolute Gasteiger partial charge is 0.369 e. The summed E-state index contributed by atoms with van der Waals surface area (Å²) in [4.78, 5) is 25.9. The number of H-pyrrole nitrogens is 1. The van der Waals surface area contributed by atoms with E-state index in [1.165, 1.54) is 28.0 Å². The summed E-state index contributed by atoms with van der Waals surface area (Å²) in [5.74, 6) is 0.478. The SMILES string of the molecule is O=C1N=CC2=c3ccccc3=NC2=N1.c1ccc2c(c1)[nH]c1ccccc12. The van der Waals surface area contributed by atoms with Crippen molar-refractivity contribution < 1.29 is 4.79 Å². The van der Waals surface area contributed by atoms with E-state index in [1.807, 2.05) is 24.3 Å². The summed E-state index contributed by atoms with van der Waals surface area (Å²) in [7, 11) is 0. The minimum atomic E-state index is -0.486. The van der Waals surface area contributed by atoms with Gasteiger partial charge in [0.25, 0.3) is 0 Å². The first-order valence-corrected chi connectivity index (χ1v) is 8.60. The van der Waals surface area contributed by atoms with E-state index in [1.54, 1.807) is 0 Å². The molecule has 2 aliphatic rings. The number of nitrogens with one attached hydrogen (secondary N) is 1. The molecule has 3 heterocycles. The Kier molecular flexibility index (Phi) is 3.50. The first-order chi connectivity index (χ1) is 13.3. The maximum Gasteiger partial charge on any atom is 0.369 e. The summed E-state index contributed by atoms with van der Waals surface area (Å²) in [6, 6.07) is 23.9. The molecule has 6 rings (SSSR count). The molecule has 1 N–H and O–H groups in total. The normalized spacial score (nSPS) is 14.3. The summed E-state index contributed by atoms with van der Waals surface area (Å²) in [5, 5.41) is 4.45. The molecule has 0 saturated carbocycles. The summed E-state index contributed by atoms with van der Waals surface area (Å²) in [6.45, 7) is 0. The van der Waals surface area contributed by atoms with Crippen LogP contribution in [0.1, 0.15) is 0 Å². The van der Waals surface area contributed by atoms with Gasteiger partial charge in [0.15, 0.2) is 5.84 Å². The van der Waals surface area contributed by atoms with Crippen molar-refractivity contribution in [3.8, 4) is 0 Å². The zero-order chi connectivity index (χ0) is 18.2. The average molecular weight is 350 g/mol. The standard InChI is InChI=1S/C12H9N.C10H5N3O/c1-3-7-11-9(5-1)10-6-2-4-8-12(10)13-11;14-10-11-5-7-6-3-1-2-4-8(6)12-9(7)13-10/h1-8,13H;1-5H. The van der Waals surface area contributed by atoms with E-state index in [0.29, 0.717) is 5.84 Å². The molecule has 0 aliphatic carbocycles. The number of nitrogens with zero attached hydrogens (tertiary/aromatic N) is 3. The molecule has 0 radical (unpaired) electrons. The monoisotopic (exact) mass is 350 g/mol. The molecule has 3 aromatic carbocycles. The maximum absolute atomic E-state index is 10.9. The number of para-hydroxylation sites is 3. The lowest BCUT2D eigenvalue weighted by Gasteiger charge is -1.98. The van der Waals surface area contributed by atoms with Crippen molar-refractivity contribution in [2.45, 2.75) is 0 Å². The van der Waals surface area contributed by atoms with Crippen LogP contribution in [-0.4, -0.2) is 23.1 Å². The second kappa shape index (κ2) is 6.14. The minimum Gasteiger partial charge on any atom is -0.355 e. The van der Waals surface area contributed by atoms with Gasteiger partial charge in [-0.3, -0.25) is 0 Å². The average Bonchev–Trinajstić information content (AvgIpc) is 3.26. The van der Waals surface area contributed by atoms with Crippen molar-refractivity contribution in [2.24, 2.45) is 15.0 Å². The number of urea groups is 1. The molecule has 5 nitrogen and oxygen atoms in total. The molecule has 0 atom stereocenters. The molecule has 4 aromatic rings. The Morgan fingerprint density at radius 3 is 2.07 bits per heavy atom. The molecule has 0 spiro atoms. The smallest absolute Gasteiger partial charge is 0.355 e. The fourth-order valence-corrected chi connectivity index (χ4v) is 3.34. The first kappa shape index (κ1) is 15.4. The van der Waals surface area contributed by atoms with Gasteiger partial charge in [-0.15, -0.1) is 0 Å². The highest BCUT2D eigenvalue weighted by Crippen LogP contribution is 2.24. The number of carbonyl (C=O) groups is 1. The molecule has 128 valence electrons. The Bertz CT molecular complexity index is 1340. The molecule has 1 aromatic heterocycles. The van der Waals surface area contributed by atoms with Gasteiger partial charge in [-0.1, -0.05) is 54.6 Å². The number of aliphatic imine (C=N–C) groups is 2. The predicted octanol–water partition coefficient (Wildman–Crippen LogP) is 3.39. The number of hydrogen-bond acceptors (Lipinski definition) is 2. The molecular formula is C22H14N4O. The van der Waals surface area contributed by atoms with Crippen LogP contribution in [0.25, 0.3) is 27.4 Å². The highest BCUT2D eigenvalue weighted by molar-refractivity contribution is 6.41. The Morgan fingerprint density at radius 2 is 1.33 bits per heavy atom. The number of amides is 2. The van der Waals surface area contributed by atoms with E-state index in [-0.39, 0.29) is 0 Å². The van der Waals surface area contributed by atoms with Crippen LogP contribution in [0.3, 0.4) is 0 Å². The molecule has 2 amide bonds. The number of aromatic nitrogens is 1. The molecule has 0 fully saturated rings. The second-order valence-electron chi connectivity index (χ2n) is 6.23. The van der Waals surface area contributed by atoms with Crippen LogP contribution < -0.4 is 10.6 Å². The molecular weight excluding hydrogens is 336 g/mol. The van der Waals surface area contributed by atoms with Crippen molar-refractivity contribution in [3.05, 3.63) is 83.4 Å². The zero-order valence-electron chi connectivity index (χ0n) is 14.3. The Balaban J connectivity index is 0.000000119. The van der Waals surface area contributed by atoms with E-state index >= 15 is 0 Å². The number of amidine groups is 1. The van der Waals surface area contributed by atoms with Crippen molar-refractivity contribution in [2.75, 3.05) is 0 Å². The van der Waals surface area contributed by atoms with Crippen molar-refractivity contribution in [3.63, 3.8) is 0 Å². The molecule has 0 saturated heterocycles. The summed E-state index contributed by atoms with van der Waals surface area (Å²) < 4.78 is 0. The minimum absolute atomic E-state index is 0.478. The number of carbonyl (C=O) groups excluding carboxylic acids is 1. The molecule has 5 heteroatoms. The van der Waals surface area contributed by atoms with E-state index in [2.05, 4.69) is 68.5 Å². The van der Waals surface area contributed by atoms with Crippen LogP contribution in [-0.2, 0) is 0 Å². The zero-order valence-corrected chi connectivity index (χ0v) is 14.3. The van der Waals surface area contributed by atoms with Crippen LogP contribution in [0.15, 0.2) is 87.8 Å².